The summed E-state index contributed by atoms with van der Waals surface area (Å²) in [4.78, 5) is 0. The fourth-order valence-corrected chi connectivity index (χ4v) is 1.09. The van der Waals surface area contributed by atoms with Gasteiger partial charge in [-0.3, -0.25) is 0 Å². The zero-order valence-corrected chi connectivity index (χ0v) is 7.75. The summed E-state index contributed by atoms with van der Waals surface area (Å²) < 4.78 is 0.373. The number of allylic oxidation sites excluding steroid dienone is 1. The summed E-state index contributed by atoms with van der Waals surface area (Å²) in [6, 6.07) is 6.68. The molecular formula is C9H9NO2S. The molecule has 0 aliphatic heterocycles. The smallest absolute Gasteiger partial charge is 0.284 e. The Labute approximate surface area is 81.7 Å². The van der Waals surface area contributed by atoms with E-state index in [2.05, 4.69) is 19.0 Å². The van der Waals surface area contributed by atoms with Gasteiger partial charge in [-0.1, -0.05) is 22.8 Å². The minimum Gasteiger partial charge on any atom is -0.605 e. The Morgan fingerprint density at radius 2 is 2.00 bits per heavy atom. The van der Waals surface area contributed by atoms with Gasteiger partial charge >= 0.3 is 0 Å². The molecule has 0 bridgehead atoms. The number of aliphatic hydroxyl groups excluding tert-OH is 1. The Balaban J connectivity index is 2.81. The van der Waals surface area contributed by atoms with Crippen LogP contribution < -0.4 is 0 Å². The molecule has 0 radical (unpaired) electrons. The van der Waals surface area contributed by atoms with Crippen molar-refractivity contribution >= 4 is 18.1 Å². The normalized spacial score (nSPS) is 9.54. The van der Waals surface area contributed by atoms with E-state index in [9.17, 15) is 5.21 Å². The van der Waals surface area contributed by atoms with Crippen LogP contribution in [0.15, 0.2) is 36.6 Å². The number of aliphatic hydroxyl groups is 1. The largest absolute Gasteiger partial charge is 0.605 e. The third-order valence-corrected chi connectivity index (χ3v) is 1.77. The molecule has 3 nitrogen and oxygen atoms in total. The molecule has 0 spiro atoms. The molecule has 1 rings (SSSR count). The van der Waals surface area contributed by atoms with Crippen LogP contribution in [0, 0.1) is 5.21 Å². The summed E-state index contributed by atoms with van der Waals surface area (Å²) in [7, 11) is 0. The standard InChI is InChI=1S/C9H9NO2S/c1-7(11)6-8-2-4-9(5-3-8)10(12)13/h2-5,11H,1,6H2. The van der Waals surface area contributed by atoms with E-state index in [4.69, 9.17) is 5.11 Å². The van der Waals surface area contributed by atoms with E-state index in [1.807, 2.05) is 0 Å². The molecule has 1 aromatic rings. The van der Waals surface area contributed by atoms with Crippen LogP contribution in [0.4, 0.5) is 5.69 Å². The Morgan fingerprint density at radius 1 is 1.46 bits per heavy atom. The highest BCUT2D eigenvalue weighted by Crippen LogP contribution is 2.13. The summed E-state index contributed by atoms with van der Waals surface area (Å²) in [6.45, 7) is 3.37. The molecule has 0 unspecified atom stereocenters. The predicted molar refractivity (Wildman–Crippen MR) is 52.6 cm³/mol. The Kier molecular flexibility index (Phi) is 2.97. The molecule has 13 heavy (non-hydrogen) atoms. The van der Waals surface area contributed by atoms with Crippen LogP contribution in [0.2, 0.25) is 0 Å². The number of benzene rings is 1. The average Bonchev–Trinajstić information content (AvgIpc) is 2.04. The lowest BCUT2D eigenvalue weighted by Gasteiger charge is -2.00. The molecule has 1 aromatic carbocycles. The molecule has 0 heterocycles. The van der Waals surface area contributed by atoms with Crippen molar-refractivity contribution in [1.82, 2.24) is 0 Å². The van der Waals surface area contributed by atoms with Crippen LogP contribution >= 0.6 is 0 Å². The molecule has 68 valence electrons. The van der Waals surface area contributed by atoms with Crippen molar-refractivity contribution in [1.29, 1.82) is 0 Å². The number of hydrogen-bond acceptors (Lipinski definition) is 3. The summed E-state index contributed by atoms with van der Waals surface area (Å²) in [5.41, 5.74) is 1.32. The Bertz CT molecular complexity index is 332. The van der Waals surface area contributed by atoms with E-state index in [1.165, 1.54) is 0 Å². The van der Waals surface area contributed by atoms with E-state index in [-0.39, 0.29) is 5.76 Å². The Hall–Kier alpha value is -1.42. The third-order valence-electron chi connectivity index (χ3n) is 1.56. The van der Waals surface area contributed by atoms with Crippen molar-refractivity contribution < 1.29 is 9.22 Å². The molecule has 4 heteroatoms. The van der Waals surface area contributed by atoms with E-state index >= 15 is 0 Å². The maximum absolute atomic E-state index is 10.6. The van der Waals surface area contributed by atoms with Gasteiger partial charge in [0.2, 0.25) is 5.69 Å². The second kappa shape index (κ2) is 4.00. The van der Waals surface area contributed by atoms with Crippen molar-refractivity contribution in [2.75, 3.05) is 0 Å². The van der Waals surface area contributed by atoms with E-state index in [0.29, 0.717) is 16.2 Å². The van der Waals surface area contributed by atoms with Crippen LogP contribution in [0.25, 0.3) is 0 Å². The number of hydrogen-bond donors (Lipinski definition) is 1. The van der Waals surface area contributed by atoms with Gasteiger partial charge in [0.25, 0.3) is 12.4 Å². The van der Waals surface area contributed by atoms with Gasteiger partial charge in [-0.05, 0) is 5.56 Å². The highest BCUT2D eigenvalue weighted by molar-refractivity contribution is 7.44. The molecule has 0 saturated heterocycles. The van der Waals surface area contributed by atoms with Gasteiger partial charge in [0.15, 0.2) is 0 Å². The first kappa shape index (κ1) is 9.67. The van der Waals surface area contributed by atoms with Crippen LogP contribution in [-0.2, 0) is 18.8 Å². The first-order valence-electron chi connectivity index (χ1n) is 3.69. The lowest BCUT2D eigenvalue weighted by molar-refractivity contribution is -0.325. The second-order valence-electron chi connectivity index (χ2n) is 2.67. The zero-order chi connectivity index (χ0) is 9.84. The summed E-state index contributed by atoms with van der Waals surface area (Å²) in [5.74, 6) is 0.102. The quantitative estimate of drug-likeness (QED) is 0.457. The summed E-state index contributed by atoms with van der Waals surface area (Å²) in [6.07, 6.45) is 0.399. The summed E-state index contributed by atoms with van der Waals surface area (Å²) >= 11 is 4.39. The topological polar surface area (TPSA) is 46.3 Å². The molecular weight excluding hydrogens is 186 g/mol. The van der Waals surface area contributed by atoms with E-state index < -0.39 is 0 Å². The molecule has 0 saturated carbocycles. The van der Waals surface area contributed by atoms with Gasteiger partial charge < -0.3 is 10.3 Å². The van der Waals surface area contributed by atoms with Crippen LogP contribution in [0.5, 0.6) is 0 Å². The third kappa shape index (κ3) is 2.83. The van der Waals surface area contributed by atoms with Gasteiger partial charge in [0.05, 0.1) is 5.76 Å². The van der Waals surface area contributed by atoms with Gasteiger partial charge in [0.1, 0.15) is 0 Å². The zero-order valence-electron chi connectivity index (χ0n) is 6.93. The molecule has 0 aliphatic rings. The molecule has 1 N–H and O–H groups in total. The van der Waals surface area contributed by atoms with Crippen LogP contribution in [0.1, 0.15) is 5.56 Å². The van der Waals surface area contributed by atoms with Crippen molar-refractivity contribution in [3.05, 3.63) is 47.4 Å². The second-order valence-corrected chi connectivity index (χ2v) is 3.00. The highest BCUT2D eigenvalue weighted by atomic mass is 32.1. The maximum Gasteiger partial charge on any atom is 0.284 e. The average molecular weight is 195 g/mol. The van der Waals surface area contributed by atoms with E-state index in [1.54, 1.807) is 24.3 Å². The first-order chi connectivity index (χ1) is 6.09. The lowest BCUT2D eigenvalue weighted by Crippen LogP contribution is -1.90. The molecule has 0 amide bonds. The first-order valence-corrected chi connectivity index (χ1v) is 4.06. The number of rotatable bonds is 3. The van der Waals surface area contributed by atoms with Gasteiger partial charge in [-0.2, -0.15) is 0 Å². The molecule has 0 fully saturated rings. The lowest BCUT2D eigenvalue weighted by atomic mass is 10.1. The van der Waals surface area contributed by atoms with Crippen LogP contribution in [0.3, 0.4) is 0 Å². The summed E-state index contributed by atoms with van der Waals surface area (Å²) in [5, 5.41) is 19.5. The number of nitrogens with zero attached hydrogens (tertiary/aromatic N) is 1. The fraction of sp³-hybridized carbons (Fsp3) is 0.111. The van der Waals surface area contributed by atoms with Crippen LogP contribution in [-0.4, -0.2) is 9.22 Å². The highest BCUT2D eigenvalue weighted by Gasteiger charge is 2.00. The van der Waals surface area contributed by atoms with Gasteiger partial charge in [-0.15, -0.1) is 0 Å². The van der Waals surface area contributed by atoms with Crippen molar-refractivity contribution in [3.8, 4) is 0 Å². The minimum absolute atomic E-state index is 0.102. The van der Waals surface area contributed by atoms with E-state index in [0.717, 1.165) is 5.56 Å². The molecule has 0 aromatic heterocycles. The SMILES string of the molecule is C=C(O)Cc1ccc([N+]([O-])=S)cc1. The van der Waals surface area contributed by atoms with Crippen molar-refractivity contribution in [2.24, 2.45) is 0 Å². The Morgan fingerprint density at radius 3 is 2.38 bits per heavy atom. The molecule has 0 atom stereocenters. The fourth-order valence-electron chi connectivity index (χ4n) is 0.971. The maximum atomic E-state index is 10.6. The van der Waals surface area contributed by atoms with Crippen molar-refractivity contribution in [3.63, 3.8) is 0 Å². The molecule has 0 aliphatic carbocycles. The van der Waals surface area contributed by atoms with Gasteiger partial charge in [-0.25, -0.2) is 0 Å². The monoisotopic (exact) mass is 195 g/mol. The predicted octanol–water partition coefficient (Wildman–Crippen LogP) is 2.17. The van der Waals surface area contributed by atoms with Gasteiger partial charge in [0, 0.05) is 18.6 Å². The minimum atomic E-state index is 0.102. The van der Waals surface area contributed by atoms with Crippen molar-refractivity contribution in [2.45, 2.75) is 6.42 Å².